The Morgan fingerprint density at radius 1 is 0.923 bits per heavy atom. The zero-order valence-electron chi connectivity index (χ0n) is 7.18. The highest BCUT2D eigenvalue weighted by Gasteiger charge is 2.01. The monoisotopic (exact) mass is 172 g/mol. The summed E-state index contributed by atoms with van der Waals surface area (Å²) in [7, 11) is 0. The van der Waals surface area contributed by atoms with Crippen molar-refractivity contribution < 1.29 is 0 Å². The predicted octanol–water partition coefficient (Wildman–Crippen LogP) is 1.24. The van der Waals surface area contributed by atoms with E-state index in [1.165, 1.54) is 12.7 Å². The van der Waals surface area contributed by atoms with Gasteiger partial charge in [0, 0.05) is 35.4 Å². The van der Waals surface area contributed by atoms with Gasteiger partial charge in [-0.05, 0) is 6.92 Å². The van der Waals surface area contributed by atoms with Crippen LogP contribution in [0, 0.1) is 6.92 Å². The molecule has 2 rings (SSSR count). The molecule has 0 N–H and O–H groups in total. The van der Waals surface area contributed by atoms with Crippen molar-refractivity contribution in [2.75, 3.05) is 0 Å². The minimum Gasteiger partial charge on any atom is -0.244 e. The molecular formula is C9H8N4. The van der Waals surface area contributed by atoms with E-state index in [4.69, 9.17) is 0 Å². The molecule has 0 radical (unpaired) electrons. The molecule has 0 aromatic carbocycles. The molecule has 0 saturated carbocycles. The van der Waals surface area contributed by atoms with Crippen LogP contribution in [0.15, 0.2) is 31.2 Å². The van der Waals surface area contributed by atoms with Crippen molar-refractivity contribution in [3.8, 4) is 11.1 Å². The summed E-state index contributed by atoms with van der Waals surface area (Å²) in [6.45, 7) is 1.93. The van der Waals surface area contributed by atoms with Gasteiger partial charge in [0.25, 0.3) is 0 Å². The number of rotatable bonds is 1. The third-order valence-corrected chi connectivity index (χ3v) is 1.78. The van der Waals surface area contributed by atoms with Gasteiger partial charge in [0.2, 0.25) is 0 Å². The normalized spacial score (nSPS) is 9.92. The molecule has 2 aromatic rings. The van der Waals surface area contributed by atoms with Gasteiger partial charge >= 0.3 is 0 Å². The van der Waals surface area contributed by atoms with Crippen molar-refractivity contribution in [1.82, 2.24) is 19.9 Å². The molecule has 64 valence electrons. The van der Waals surface area contributed by atoms with Crippen molar-refractivity contribution in [2.24, 2.45) is 0 Å². The highest BCUT2D eigenvalue weighted by Crippen LogP contribution is 2.17. The molecule has 0 fully saturated rings. The lowest BCUT2D eigenvalue weighted by Crippen LogP contribution is -1.89. The van der Waals surface area contributed by atoms with E-state index in [2.05, 4.69) is 19.9 Å². The van der Waals surface area contributed by atoms with Gasteiger partial charge in [0.05, 0.1) is 0 Å². The van der Waals surface area contributed by atoms with Gasteiger partial charge in [-0.2, -0.15) is 0 Å². The first-order chi connectivity index (χ1) is 6.38. The Hall–Kier alpha value is -1.84. The lowest BCUT2D eigenvalue weighted by molar-refractivity contribution is 1.09. The SMILES string of the molecule is Cc1ncncc1-c1cncnc1. The lowest BCUT2D eigenvalue weighted by Gasteiger charge is -2.01. The van der Waals surface area contributed by atoms with Crippen LogP contribution in [-0.2, 0) is 0 Å². The van der Waals surface area contributed by atoms with Crippen LogP contribution in [0.3, 0.4) is 0 Å². The number of hydrogen-bond donors (Lipinski definition) is 0. The van der Waals surface area contributed by atoms with Gasteiger partial charge in [-0.1, -0.05) is 0 Å². The van der Waals surface area contributed by atoms with E-state index in [0.717, 1.165) is 16.8 Å². The molecule has 0 unspecified atom stereocenters. The first kappa shape index (κ1) is 7.79. The van der Waals surface area contributed by atoms with Crippen LogP contribution in [0.4, 0.5) is 0 Å². The molecule has 13 heavy (non-hydrogen) atoms. The molecule has 4 heteroatoms. The fourth-order valence-corrected chi connectivity index (χ4v) is 1.11. The van der Waals surface area contributed by atoms with Crippen molar-refractivity contribution in [3.05, 3.63) is 36.9 Å². The average Bonchev–Trinajstić information content (AvgIpc) is 2.20. The molecule has 0 spiro atoms. The van der Waals surface area contributed by atoms with E-state index in [-0.39, 0.29) is 0 Å². The summed E-state index contributed by atoms with van der Waals surface area (Å²) in [6.07, 6.45) is 8.30. The molecule has 0 atom stereocenters. The van der Waals surface area contributed by atoms with Crippen LogP contribution < -0.4 is 0 Å². The molecule has 0 amide bonds. The highest BCUT2D eigenvalue weighted by atomic mass is 14.8. The third-order valence-electron chi connectivity index (χ3n) is 1.78. The Bertz CT molecular complexity index is 399. The second-order valence-electron chi connectivity index (χ2n) is 2.65. The van der Waals surface area contributed by atoms with E-state index in [0.29, 0.717) is 0 Å². The Morgan fingerprint density at radius 3 is 2.31 bits per heavy atom. The maximum absolute atomic E-state index is 4.09. The Kier molecular flexibility index (Phi) is 1.96. The molecule has 0 aliphatic carbocycles. The summed E-state index contributed by atoms with van der Waals surface area (Å²) >= 11 is 0. The summed E-state index contributed by atoms with van der Waals surface area (Å²) in [5.41, 5.74) is 2.86. The average molecular weight is 172 g/mol. The summed E-state index contributed by atoms with van der Waals surface area (Å²) in [5, 5.41) is 0. The number of aryl methyl sites for hydroxylation is 1. The Labute approximate surface area is 75.7 Å². The molecule has 2 aromatic heterocycles. The summed E-state index contributed by atoms with van der Waals surface area (Å²) in [6, 6.07) is 0. The van der Waals surface area contributed by atoms with Gasteiger partial charge in [-0.3, -0.25) is 0 Å². The van der Waals surface area contributed by atoms with E-state index < -0.39 is 0 Å². The minimum absolute atomic E-state index is 0.935. The summed E-state index contributed by atoms with van der Waals surface area (Å²) < 4.78 is 0. The van der Waals surface area contributed by atoms with Gasteiger partial charge in [0.1, 0.15) is 12.7 Å². The van der Waals surface area contributed by atoms with Crippen molar-refractivity contribution in [1.29, 1.82) is 0 Å². The second-order valence-corrected chi connectivity index (χ2v) is 2.65. The van der Waals surface area contributed by atoms with Crippen molar-refractivity contribution in [2.45, 2.75) is 6.92 Å². The molecular weight excluding hydrogens is 164 g/mol. The van der Waals surface area contributed by atoms with Gasteiger partial charge in [-0.15, -0.1) is 0 Å². The molecule has 2 heterocycles. The third kappa shape index (κ3) is 1.51. The van der Waals surface area contributed by atoms with Crippen LogP contribution in [0.2, 0.25) is 0 Å². The Morgan fingerprint density at radius 2 is 1.62 bits per heavy atom. The first-order valence-electron chi connectivity index (χ1n) is 3.90. The number of aromatic nitrogens is 4. The highest BCUT2D eigenvalue weighted by molar-refractivity contribution is 5.62. The van der Waals surface area contributed by atoms with Gasteiger partial charge < -0.3 is 0 Å². The summed E-state index contributed by atoms with van der Waals surface area (Å²) in [5.74, 6) is 0. The standard InChI is InChI=1S/C9H8N4/c1-7-9(4-12-6-13-7)8-2-10-5-11-3-8/h2-6H,1H3. The van der Waals surface area contributed by atoms with Crippen LogP contribution in [0.25, 0.3) is 11.1 Å². The van der Waals surface area contributed by atoms with Crippen LogP contribution >= 0.6 is 0 Å². The number of nitrogens with zero attached hydrogens (tertiary/aromatic N) is 4. The summed E-state index contributed by atoms with van der Waals surface area (Å²) in [4.78, 5) is 15.9. The maximum atomic E-state index is 4.09. The minimum atomic E-state index is 0.935. The largest absolute Gasteiger partial charge is 0.244 e. The predicted molar refractivity (Wildman–Crippen MR) is 47.8 cm³/mol. The Balaban J connectivity index is 2.54. The zero-order chi connectivity index (χ0) is 9.10. The van der Waals surface area contributed by atoms with Crippen molar-refractivity contribution in [3.63, 3.8) is 0 Å². The van der Waals surface area contributed by atoms with Gasteiger partial charge in [0.15, 0.2) is 0 Å². The molecule has 4 nitrogen and oxygen atoms in total. The van der Waals surface area contributed by atoms with E-state index in [9.17, 15) is 0 Å². The van der Waals surface area contributed by atoms with Crippen LogP contribution in [-0.4, -0.2) is 19.9 Å². The first-order valence-corrected chi connectivity index (χ1v) is 3.90. The second kappa shape index (κ2) is 3.26. The topological polar surface area (TPSA) is 51.6 Å². The quantitative estimate of drug-likeness (QED) is 0.649. The van der Waals surface area contributed by atoms with E-state index in [1.54, 1.807) is 18.6 Å². The zero-order valence-corrected chi connectivity index (χ0v) is 7.18. The molecule has 0 saturated heterocycles. The van der Waals surface area contributed by atoms with Crippen LogP contribution in [0.5, 0.6) is 0 Å². The fraction of sp³-hybridized carbons (Fsp3) is 0.111. The smallest absolute Gasteiger partial charge is 0.115 e. The molecule has 0 aliphatic rings. The van der Waals surface area contributed by atoms with E-state index in [1.807, 2.05) is 6.92 Å². The lowest BCUT2D eigenvalue weighted by atomic mass is 10.1. The van der Waals surface area contributed by atoms with E-state index >= 15 is 0 Å². The van der Waals surface area contributed by atoms with Crippen LogP contribution in [0.1, 0.15) is 5.69 Å². The fourth-order valence-electron chi connectivity index (χ4n) is 1.11. The maximum Gasteiger partial charge on any atom is 0.115 e. The number of hydrogen-bond acceptors (Lipinski definition) is 4. The van der Waals surface area contributed by atoms with Crippen molar-refractivity contribution >= 4 is 0 Å². The molecule has 0 bridgehead atoms. The van der Waals surface area contributed by atoms with Gasteiger partial charge in [-0.25, -0.2) is 19.9 Å². The molecule has 0 aliphatic heterocycles.